The van der Waals surface area contributed by atoms with Crippen LogP contribution in [-0.2, 0) is 20.0 Å². The molecule has 25 heavy (non-hydrogen) atoms. The monoisotopic (exact) mass is 475 g/mol. The molecule has 0 aliphatic heterocycles. The Labute approximate surface area is 170 Å². The van der Waals surface area contributed by atoms with Crippen LogP contribution in [0.25, 0.3) is 0 Å². The van der Waals surface area contributed by atoms with Crippen molar-refractivity contribution in [2.24, 2.45) is 12.0 Å². The first-order valence-electron chi connectivity index (χ1n) is 7.92. The van der Waals surface area contributed by atoms with Crippen LogP contribution in [0.5, 0.6) is 0 Å². The molecule has 0 fully saturated rings. The maximum Gasteiger partial charge on any atom is 0.191 e. The number of halogens is 1. The second kappa shape index (κ2) is 10.5. The lowest BCUT2D eigenvalue weighted by Crippen LogP contribution is -2.38. The van der Waals surface area contributed by atoms with E-state index in [1.165, 1.54) is 4.88 Å². The Morgan fingerprint density at radius 1 is 1.28 bits per heavy atom. The summed E-state index contributed by atoms with van der Waals surface area (Å²) in [6.07, 6.45) is 2.68. The number of thiazole rings is 1. The average molecular weight is 475 g/mol. The molecule has 0 aliphatic rings. The lowest BCUT2D eigenvalue weighted by molar-refractivity contribution is 0.756. The van der Waals surface area contributed by atoms with Gasteiger partial charge in [0.1, 0.15) is 12.4 Å². The minimum absolute atomic E-state index is 0. The van der Waals surface area contributed by atoms with Crippen molar-refractivity contribution in [1.29, 1.82) is 0 Å². The van der Waals surface area contributed by atoms with Gasteiger partial charge in [-0.1, -0.05) is 6.08 Å². The van der Waals surface area contributed by atoms with E-state index in [0.717, 1.165) is 41.3 Å². The molecule has 2 aromatic heterocycles. The molecule has 0 aliphatic carbocycles. The molecule has 0 unspecified atom stereocenters. The number of guanidine groups is 1. The summed E-state index contributed by atoms with van der Waals surface area (Å²) >= 11 is 1.75. The van der Waals surface area contributed by atoms with Gasteiger partial charge in [0, 0.05) is 31.4 Å². The van der Waals surface area contributed by atoms with Gasteiger partial charge in [0.15, 0.2) is 11.8 Å². The molecule has 0 bridgehead atoms. The highest BCUT2D eigenvalue weighted by atomic mass is 127. The van der Waals surface area contributed by atoms with Gasteiger partial charge in [-0.15, -0.1) is 52.1 Å². The third-order valence-electron chi connectivity index (χ3n) is 3.68. The number of hydrogen-bond donors (Lipinski definition) is 2. The van der Waals surface area contributed by atoms with Crippen molar-refractivity contribution in [2.75, 3.05) is 13.1 Å². The molecule has 0 atom stereocenters. The highest BCUT2D eigenvalue weighted by Gasteiger charge is 2.06. The zero-order valence-corrected chi connectivity index (χ0v) is 18.3. The fraction of sp³-hybridized carbons (Fsp3) is 0.500. The van der Waals surface area contributed by atoms with Crippen LogP contribution in [-0.4, -0.2) is 38.8 Å². The van der Waals surface area contributed by atoms with Crippen LogP contribution in [0.15, 0.2) is 17.6 Å². The number of nitrogens with zero attached hydrogens (tertiary/aromatic N) is 5. The predicted octanol–water partition coefficient (Wildman–Crippen LogP) is 2.28. The van der Waals surface area contributed by atoms with Crippen molar-refractivity contribution in [3.05, 3.63) is 39.9 Å². The standard InChI is InChI=1S/C16H25N7S.HI/c1-6-8-17-16(19-10-14-22-21-13(4)23(14)5)18-9-7-15-20-11(2)12(3)24-15;/h6H,1,7-10H2,2-5H3,(H2,17,18,19);1H. The van der Waals surface area contributed by atoms with E-state index in [2.05, 4.69) is 44.3 Å². The summed E-state index contributed by atoms with van der Waals surface area (Å²) in [7, 11) is 1.94. The molecule has 0 saturated carbocycles. The molecular weight excluding hydrogens is 449 g/mol. The Bertz CT molecular complexity index is 701. The summed E-state index contributed by atoms with van der Waals surface area (Å²) in [5, 5.41) is 15.9. The fourth-order valence-electron chi connectivity index (χ4n) is 2.02. The smallest absolute Gasteiger partial charge is 0.191 e. The van der Waals surface area contributed by atoms with Gasteiger partial charge < -0.3 is 15.2 Å². The van der Waals surface area contributed by atoms with E-state index in [0.29, 0.717) is 13.1 Å². The summed E-state index contributed by atoms with van der Waals surface area (Å²) in [6.45, 7) is 11.7. The Balaban J connectivity index is 0.00000312. The number of aliphatic imine (C=N–C) groups is 1. The summed E-state index contributed by atoms with van der Waals surface area (Å²) in [4.78, 5) is 10.4. The van der Waals surface area contributed by atoms with Crippen LogP contribution in [0.1, 0.15) is 27.2 Å². The molecule has 7 nitrogen and oxygen atoms in total. The molecule has 2 aromatic rings. The molecule has 0 amide bonds. The highest BCUT2D eigenvalue weighted by Crippen LogP contribution is 2.16. The van der Waals surface area contributed by atoms with Crippen molar-refractivity contribution in [2.45, 2.75) is 33.7 Å². The quantitative estimate of drug-likeness (QED) is 0.278. The maximum absolute atomic E-state index is 4.57. The maximum atomic E-state index is 4.57. The van der Waals surface area contributed by atoms with Gasteiger partial charge in [-0.3, -0.25) is 0 Å². The minimum Gasteiger partial charge on any atom is -0.356 e. The van der Waals surface area contributed by atoms with Gasteiger partial charge in [0.05, 0.1) is 10.7 Å². The van der Waals surface area contributed by atoms with Gasteiger partial charge in [-0.2, -0.15) is 0 Å². The van der Waals surface area contributed by atoms with E-state index >= 15 is 0 Å². The molecule has 2 N–H and O–H groups in total. The minimum atomic E-state index is 0. The van der Waals surface area contributed by atoms with Crippen LogP contribution in [0.4, 0.5) is 0 Å². The first-order valence-corrected chi connectivity index (χ1v) is 8.73. The second-order valence-electron chi connectivity index (χ2n) is 5.48. The normalized spacial score (nSPS) is 11.1. The average Bonchev–Trinajstić information content (AvgIpc) is 3.05. The third kappa shape index (κ3) is 6.38. The number of rotatable bonds is 7. The first-order chi connectivity index (χ1) is 11.5. The molecule has 9 heteroatoms. The van der Waals surface area contributed by atoms with Crippen LogP contribution in [0, 0.1) is 20.8 Å². The summed E-state index contributed by atoms with van der Waals surface area (Å²) < 4.78 is 1.94. The largest absolute Gasteiger partial charge is 0.356 e. The van der Waals surface area contributed by atoms with Gasteiger partial charge in [0.25, 0.3) is 0 Å². The molecule has 0 radical (unpaired) electrons. The number of nitrogens with one attached hydrogen (secondary N) is 2. The summed E-state index contributed by atoms with van der Waals surface area (Å²) in [6, 6.07) is 0. The predicted molar refractivity (Wildman–Crippen MR) is 114 cm³/mol. The van der Waals surface area contributed by atoms with Gasteiger partial charge >= 0.3 is 0 Å². The Morgan fingerprint density at radius 3 is 2.60 bits per heavy atom. The SMILES string of the molecule is C=CCNC(=NCc1nnc(C)n1C)NCCc1nc(C)c(C)s1.I. The van der Waals surface area contributed by atoms with Crippen molar-refractivity contribution in [1.82, 2.24) is 30.4 Å². The van der Waals surface area contributed by atoms with E-state index in [9.17, 15) is 0 Å². The Kier molecular flexibility index (Phi) is 9.04. The molecule has 0 spiro atoms. The van der Waals surface area contributed by atoms with Crippen LogP contribution >= 0.6 is 35.3 Å². The van der Waals surface area contributed by atoms with E-state index in [1.807, 2.05) is 25.5 Å². The molecule has 2 heterocycles. The zero-order valence-electron chi connectivity index (χ0n) is 15.2. The van der Waals surface area contributed by atoms with E-state index < -0.39 is 0 Å². The van der Waals surface area contributed by atoms with Crippen LogP contribution in [0.3, 0.4) is 0 Å². The first kappa shape index (κ1) is 21.6. The van der Waals surface area contributed by atoms with E-state index in [4.69, 9.17) is 0 Å². The summed E-state index contributed by atoms with van der Waals surface area (Å²) in [5.74, 6) is 2.45. The van der Waals surface area contributed by atoms with Gasteiger partial charge in [-0.25, -0.2) is 9.98 Å². The number of aromatic nitrogens is 4. The number of hydrogen-bond acceptors (Lipinski definition) is 5. The Morgan fingerprint density at radius 2 is 2.04 bits per heavy atom. The van der Waals surface area contributed by atoms with Gasteiger partial charge in [0.2, 0.25) is 0 Å². The van der Waals surface area contributed by atoms with Gasteiger partial charge in [-0.05, 0) is 20.8 Å². The Hall–Kier alpha value is -1.49. The number of aryl methyl sites for hydroxylation is 3. The topological polar surface area (TPSA) is 80.0 Å². The fourth-order valence-corrected chi connectivity index (χ4v) is 2.95. The molecule has 0 saturated heterocycles. The highest BCUT2D eigenvalue weighted by molar-refractivity contribution is 14.0. The van der Waals surface area contributed by atoms with Crippen LogP contribution < -0.4 is 10.6 Å². The van der Waals surface area contributed by atoms with E-state index in [-0.39, 0.29) is 24.0 Å². The summed E-state index contributed by atoms with van der Waals surface area (Å²) in [5.41, 5.74) is 1.12. The van der Waals surface area contributed by atoms with Crippen molar-refractivity contribution < 1.29 is 0 Å². The van der Waals surface area contributed by atoms with Crippen LogP contribution in [0.2, 0.25) is 0 Å². The zero-order chi connectivity index (χ0) is 17.5. The van der Waals surface area contributed by atoms with Crippen molar-refractivity contribution in [3.63, 3.8) is 0 Å². The molecular formula is C16H26IN7S. The molecule has 2 rings (SSSR count). The van der Waals surface area contributed by atoms with Crippen molar-refractivity contribution in [3.8, 4) is 0 Å². The second-order valence-corrected chi connectivity index (χ2v) is 6.77. The lowest BCUT2D eigenvalue weighted by Gasteiger charge is -2.10. The lowest BCUT2D eigenvalue weighted by atomic mass is 10.4. The molecule has 138 valence electrons. The van der Waals surface area contributed by atoms with Crippen molar-refractivity contribution >= 4 is 41.3 Å². The third-order valence-corrected chi connectivity index (χ3v) is 4.81. The molecule has 0 aromatic carbocycles. The van der Waals surface area contributed by atoms with E-state index in [1.54, 1.807) is 17.4 Å².